The predicted molar refractivity (Wildman–Crippen MR) is 75.9 cm³/mol. The van der Waals surface area contributed by atoms with Crippen molar-refractivity contribution in [2.24, 2.45) is 5.41 Å². The molecule has 0 saturated carbocycles. The molecule has 1 aromatic rings. The summed E-state index contributed by atoms with van der Waals surface area (Å²) < 4.78 is 0.890. The molecule has 1 aliphatic rings. The molecule has 17 heavy (non-hydrogen) atoms. The molecule has 2 rings (SSSR count). The van der Waals surface area contributed by atoms with Crippen molar-refractivity contribution in [3.8, 4) is 0 Å². The zero-order valence-corrected chi connectivity index (χ0v) is 12.2. The van der Waals surface area contributed by atoms with Crippen molar-refractivity contribution in [3.63, 3.8) is 0 Å². The van der Waals surface area contributed by atoms with Gasteiger partial charge >= 0.3 is 0 Å². The number of thiophene rings is 1. The monoisotopic (exact) mass is 272 g/mol. The number of hydrogen-bond donors (Lipinski definition) is 1. The second-order valence-corrected chi connectivity index (χ2v) is 7.24. The Morgan fingerprint density at radius 2 is 2.12 bits per heavy atom. The summed E-state index contributed by atoms with van der Waals surface area (Å²) in [7, 11) is 2.21. The summed E-state index contributed by atoms with van der Waals surface area (Å²) >= 11 is 7.64. The molecule has 1 N–H and O–H groups in total. The Morgan fingerprint density at radius 3 is 2.71 bits per heavy atom. The van der Waals surface area contributed by atoms with Gasteiger partial charge in [0.25, 0.3) is 0 Å². The van der Waals surface area contributed by atoms with Gasteiger partial charge in [-0.15, -0.1) is 11.3 Å². The second-order valence-electron chi connectivity index (χ2n) is 5.44. The molecule has 1 saturated heterocycles. The van der Waals surface area contributed by atoms with Gasteiger partial charge in [-0.3, -0.25) is 0 Å². The van der Waals surface area contributed by atoms with Crippen molar-refractivity contribution in [2.45, 2.75) is 26.3 Å². The number of rotatable bonds is 4. The third kappa shape index (κ3) is 3.95. The highest BCUT2D eigenvalue weighted by atomic mass is 35.5. The summed E-state index contributed by atoms with van der Waals surface area (Å²) in [6, 6.07) is 4.12. The Kier molecular flexibility index (Phi) is 4.47. The molecule has 0 radical (unpaired) electrons. The van der Waals surface area contributed by atoms with Crippen LogP contribution in [0.5, 0.6) is 0 Å². The highest BCUT2D eigenvalue weighted by molar-refractivity contribution is 7.16. The molecule has 0 aromatic carbocycles. The molecule has 0 bridgehead atoms. The van der Waals surface area contributed by atoms with Crippen molar-refractivity contribution < 1.29 is 0 Å². The zero-order valence-electron chi connectivity index (χ0n) is 10.6. The lowest BCUT2D eigenvalue weighted by atomic mass is 9.80. The maximum absolute atomic E-state index is 5.95. The average Bonchev–Trinajstić information content (AvgIpc) is 2.63. The Bertz CT molecular complexity index is 358. The average molecular weight is 273 g/mol. The highest BCUT2D eigenvalue weighted by Gasteiger charge is 2.27. The Morgan fingerprint density at radius 1 is 1.41 bits per heavy atom. The number of nitrogens with zero attached hydrogens (tertiary/aromatic N) is 1. The third-order valence-electron chi connectivity index (χ3n) is 3.52. The van der Waals surface area contributed by atoms with Crippen LogP contribution < -0.4 is 5.32 Å². The molecule has 0 atom stereocenters. The Labute approximate surface area is 113 Å². The molecule has 2 heterocycles. The van der Waals surface area contributed by atoms with E-state index in [1.54, 1.807) is 11.3 Å². The Hall–Kier alpha value is -0.0900. The van der Waals surface area contributed by atoms with Gasteiger partial charge in [-0.05, 0) is 50.5 Å². The minimum atomic E-state index is 0.473. The van der Waals surface area contributed by atoms with Gasteiger partial charge in [0.05, 0.1) is 4.34 Å². The maximum Gasteiger partial charge on any atom is 0.0931 e. The lowest BCUT2D eigenvalue weighted by molar-refractivity contribution is 0.144. The van der Waals surface area contributed by atoms with E-state index < -0.39 is 0 Å². The van der Waals surface area contributed by atoms with Crippen LogP contribution in [0.1, 0.15) is 24.6 Å². The summed E-state index contributed by atoms with van der Waals surface area (Å²) in [6.07, 6.45) is 2.56. The van der Waals surface area contributed by atoms with E-state index in [0.717, 1.165) is 24.0 Å². The lowest BCUT2D eigenvalue weighted by Crippen LogP contribution is -2.41. The number of piperidine rings is 1. The normalized spacial score (nSPS) is 19.8. The summed E-state index contributed by atoms with van der Waals surface area (Å²) in [5.41, 5.74) is 0.473. The number of nitrogens with one attached hydrogen (secondary N) is 1. The van der Waals surface area contributed by atoms with Gasteiger partial charge in [0.1, 0.15) is 0 Å². The van der Waals surface area contributed by atoms with E-state index in [9.17, 15) is 0 Å². The first-order chi connectivity index (χ1) is 8.07. The molecule has 0 amide bonds. The fraction of sp³-hybridized carbons (Fsp3) is 0.692. The van der Waals surface area contributed by atoms with E-state index in [4.69, 9.17) is 11.6 Å². The van der Waals surface area contributed by atoms with E-state index in [2.05, 4.69) is 30.3 Å². The molecule has 0 spiro atoms. The van der Waals surface area contributed by atoms with Crippen LogP contribution in [0.4, 0.5) is 0 Å². The molecular formula is C13H21ClN2S. The summed E-state index contributed by atoms with van der Waals surface area (Å²) in [5, 5.41) is 3.43. The van der Waals surface area contributed by atoms with E-state index in [1.165, 1.54) is 24.3 Å². The third-order valence-corrected chi connectivity index (χ3v) is 4.73. The van der Waals surface area contributed by atoms with Crippen molar-refractivity contribution in [3.05, 3.63) is 21.3 Å². The van der Waals surface area contributed by atoms with Crippen LogP contribution in [0.15, 0.2) is 12.1 Å². The van der Waals surface area contributed by atoms with Crippen LogP contribution in [0.2, 0.25) is 4.34 Å². The zero-order chi connectivity index (χ0) is 12.3. The number of halogens is 1. The predicted octanol–water partition coefficient (Wildman–Crippen LogP) is 3.22. The molecule has 0 unspecified atom stereocenters. The molecule has 1 aromatic heterocycles. The maximum atomic E-state index is 5.95. The van der Waals surface area contributed by atoms with Crippen LogP contribution >= 0.6 is 22.9 Å². The lowest BCUT2D eigenvalue weighted by Gasteiger charge is -2.37. The van der Waals surface area contributed by atoms with Crippen molar-refractivity contribution in [1.29, 1.82) is 0 Å². The second kappa shape index (κ2) is 5.70. The van der Waals surface area contributed by atoms with Gasteiger partial charge in [0, 0.05) is 18.0 Å². The first-order valence-corrected chi connectivity index (χ1v) is 7.40. The summed E-state index contributed by atoms with van der Waals surface area (Å²) in [5.74, 6) is 0. The van der Waals surface area contributed by atoms with Crippen LogP contribution in [0.25, 0.3) is 0 Å². The standard InChI is InChI=1S/C13H21ClN2S/c1-13(5-7-15-8-6-13)10-16(2)9-11-3-4-12(14)17-11/h3-4,15H,5-10H2,1-2H3. The van der Waals surface area contributed by atoms with Crippen molar-refractivity contribution in [2.75, 3.05) is 26.7 Å². The van der Waals surface area contributed by atoms with E-state index in [1.807, 2.05) is 6.07 Å². The fourth-order valence-electron chi connectivity index (χ4n) is 2.60. The minimum absolute atomic E-state index is 0.473. The van der Waals surface area contributed by atoms with Crippen LogP contribution in [-0.2, 0) is 6.54 Å². The van der Waals surface area contributed by atoms with Gasteiger partial charge < -0.3 is 10.2 Å². The topological polar surface area (TPSA) is 15.3 Å². The molecular weight excluding hydrogens is 252 g/mol. The molecule has 1 aliphatic heterocycles. The summed E-state index contributed by atoms with van der Waals surface area (Å²) in [4.78, 5) is 3.78. The van der Waals surface area contributed by atoms with Crippen LogP contribution in [-0.4, -0.2) is 31.6 Å². The first kappa shape index (κ1) is 13.3. The fourth-order valence-corrected chi connectivity index (χ4v) is 3.77. The van der Waals surface area contributed by atoms with Gasteiger partial charge in [0.15, 0.2) is 0 Å². The van der Waals surface area contributed by atoms with E-state index >= 15 is 0 Å². The number of hydrogen-bond acceptors (Lipinski definition) is 3. The summed E-state index contributed by atoms with van der Waals surface area (Å²) in [6.45, 7) is 6.92. The molecule has 1 fully saturated rings. The van der Waals surface area contributed by atoms with Crippen LogP contribution in [0.3, 0.4) is 0 Å². The Balaban J connectivity index is 1.85. The van der Waals surface area contributed by atoms with Gasteiger partial charge in [0.2, 0.25) is 0 Å². The quantitative estimate of drug-likeness (QED) is 0.905. The van der Waals surface area contributed by atoms with Crippen molar-refractivity contribution >= 4 is 22.9 Å². The first-order valence-electron chi connectivity index (χ1n) is 6.21. The highest BCUT2D eigenvalue weighted by Crippen LogP contribution is 2.30. The van der Waals surface area contributed by atoms with E-state index in [0.29, 0.717) is 5.41 Å². The molecule has 96 valence electrons. The molecule has 4 heteroatoms. The molecule has 0 aliphatic carbocycles. The smallest absolute Gasteiger partial charge is 0.0931 e. The van der Waals surface area contributed by atoms with Gasteiger partial charge in [-0.1, -0.05) is 18.5 Å². The SMILES string of the molecule is CN(Cc1ccc(Cl)s1)CC1(C)CCNCC1. The van der Waals surface area contributed by atoms with E-state index in [-0.39, 0.29) is 0 Å². The van der Waals surface area contributed by atoms with Gasteiger partial charge in [-0.2, -0.15) is 0 Å². The minimum Gasteiger partial charge on any atom is -0.317 e. The van der Waals surface area contributed by atoms with Crippen LogP contribution in [0, 0.1) is 5.41 Å². The molecule has 2 nitrogen and oxygen atoms in total. The largest absolute Gasteiger partial charge is 0.317 e. The van der Waals surface area contributed by atoms with Crippen molar-refractivity contribution in [1.82, 2.24) is 10.2 Å². The van der Waals surface area contributed by atoms with Gasteiger partial charge in [-0.25, -0.2) is 0 Å².